The van der Waals surface area contributed by atoms with Crippen LogP contribution in [0.5, 0.6) is 0 Å². The fraction of sp³-hybridized carbons (Fsp3) is 0.720. The average Bonchev–Trinajstić information content (AvgIpc) is 2.72. The van der Waals surface area contributed by atoms with Gasteiger partial charge in [-0.3, -0.25) is 23.9 Å². The number of hydrogen-bond donors (Lipinski definition) is 3. The number of aryl methyl sites for hydroxylation is 1. The lowest BCUT2D eigenvalue weighted by molar-refractivity contribution is -0.141. The molecule has 11 nitrogen and oxygen atoms in total. The summed E-state index contributed by atoms with van der Waals surface area (Å²) in [5.41, 5.74) is -1.50. The molecule has 36 heavy (non-hydrogen) atoms. The zero-order valence-electron chi connectivity index (χ0n) is 22.9. The standard InChI is InChI=1S/C25H43N5O6/c1-16(2)9-12-30(20(31)15-29-14-18(5)21(32)28-23(29)34)19(13-17(3)4)22(33)26-10-11-27-24(35)36-25(6,7)8/h14,16-17,19H,9-13,15H2,1-8H3,(H,26,33)(H,27,35)(H,28,32,34). The van der Waals surface area contributed by atoms with Crippen LogP contribution in [0.15, 0.2) is 15.8 Å². The van der Waals surface area contributed by atoms with Crippen molar-refractivity contribution in [2.45, 2.75) is 86.4 Å². The lowest BCUT2D eigenvalue weighted by Crippen LogP contribution is -2.53. The first-order valence-electron chi connectivity index (χ1n) is 12.4. The molecule has 3 amide bonds. The zero-order valence-corrected chi connectivity index (χ0v) is 22.9. The van der Waals surface area contributed by atoms with Crippen molar-refractivity contribution in [3.8, 4) is 0 Å². The summed E-state index contributed by atoms with van der Waals surface area (Å²) in [5.74, 6) is -0.319. The Bertz CT molecular complexity index is 1010. The molecule has 1 rings (SSSR count). The Labute approximate surface area is 213 Å². The van der Waals surface area contributed by atoms with E-state index < -0.39 is 34.9 Å². The molecule has 0 aromatic carbocycles. The maximum atomic E-state index is 13.4. The minimum Gasteiger partial charge on any atom is -0.444 e. The highest BCUT2D eigenvalue weighted by molar-refractivity contribution is 5.87. The minimum atomic E-state index is -0.752. The molecule has 0 saturated heterocycles. The van der Waals surface area contributed by atoms with Gasteiger partial charge in [0.15, 0.2) is 0 Å². The predicted octanol–water partition coefficient (Wildman–Crippen LogP) is 1.78. The Morgan fingerprint density at radius 2 is 1.67 bits per heavy atom. The Balaban J connectivity index is 3.02. The van der Waals surface area contributed by atoms with Crippen molar-refractivity contribution in [1.82, 2.24) is 25.1 Å². The first kappa shape index (κ1) is 30.9. The monoisotopic (exact) mass is 509 g/mol. The van der Waals surface area contributed by atoms with Crippen LogP contribution in [0, 0.1) is 18.8 Å². The molecule has 0 bridgehead atoms. The van der Waals surface area contributed by atoms with Crippen LogP contribution < -0.4 is 21.9 Å². The Morgan fingerprint density at radius 1 is 1.06 bits per heavy atom. The molecule has 1 heterocycles. The fourth-order valence-electron chi connectivity index (χ4n) is 3.43. The summed E-state index contributed by atoms with van der Waals surface area (Å²) in [6, 6.07) is -0.752. The van der Waals surface area contributed by atoms with Crippen molar-refractivity contribution in [2.75, 3.05) is 19.6 Å². The molecule has 0 radical (unpaired) electrons. The molecular weight excluding hydrogens is 466 g/mol. The number of carbonyl (C=O) groups excluding carboxylic acids is 3. The van der Waals surface area contributed by atoms with Gasteiger partial charge in [0.25, 0.3) is 5.56 Å². The number of aromatic nitrogens is 2. The van der Waals surface area contributed by atoms with E-state index in [1.165, 1.54) is 11.1 Å². The molecule has 0 fully saturated rings. The topological polar surface area (TPSA) is 143 Å². The number of hydrogen-bond acceptors (Lipinski definition) is 6. The summed E-state index contributed by atoms with van der Waals surface area (Å²) in [6.07, 6.45) is 1.87. The van der Waals surface area contributed by atoms with Gasteiger partial charge in [0, 0.05) is 31.4 Å². The van der Waals surface area contributed by atoms with Crippen molar-refractivity contribution in [3.05, 3.63) is 32.6 Å². The highest BCUT2D eigenvalue weighted by Gasteiger charge is 2.30. The molecule has 0 aliphatic carbocycles. The fourth-order valence-corrected chi connectivity index (χ4v) is 3.43. The number of aromatic amines is 1. The molecule has 11 heteroatoms. The normalized spacial score (nSPS) is 12.4. The first-order chi connectivity index (χ1) is 16.6. The summed E-state index contributed by atoms with van der Waals surface area (Å²) < 4.78 is 6.33. The van der Waals surface area contributed by atoms with Crippen LogP contribution in [-0.4, -0.2) is 63.6 Å². The number of rotatable bonds is 12. The van der Waals surface area contributed by atoms with Crippen LogP contribution in [0.1, 0.15) is 66.9 Å². The van der Waals surface area contributed by atoms with Crippen molar-refractivity contribution in [1.29, 1.82) is 0 Å². The summed E-state index contributed by atoms with van der Waals surface area (Å²) in [6.45, 7) is 15.2. The van der Waals surface area contributed by atoms with E-state index in [0.29, 0.717) is 30.9 Å². The number of carbonyl (C=O) groups is 3. The van der Waals surface area contributed by atoms with Gasteiger partial charge in [-0.1, -0.05) is 27.7 Å². The van der Waals surface area contributed by atoms with E-state index in [9.17, 15) is 24.0 Å². The van der Waals surface area contributed by atoms with Gasteiger partial charge in [-0.15, -0.1) is 0 Å². The molecule has 1 atom stereocenters. The van der Waals surface area contributed by atoms with E-state index in [1.807, 2.05) is 27.7 Å². The Kier molecular flexibility index (Phi) is 11.9. The number of ether oxygens (including phenoxy) is 1. The quantitative estimate of drug-likeness (QED) is 0.367. The second-order valence-electron chi connectivity index (χ2n) is 10.8. The van der Waals surface area contributed by atoms with Gasteiger partial charge >= 0.3 is 11.8 Å². The third kappa shape index (κ3) is 11.1. The molecule has 204 valence electrons. The van der Waals surface area contributed by atoms with Gasteiger partial charge in [-0.05, 0) is 52.4 Å². The van der Waals surface area contributed by atoms with Crippen LogP contribution in [-0.2, 0) is 20.9 Å². The molecule has 3 N–H and O–H groups in total. The van der Waals surface area contributed by atoms with Crippen LogP contribution in [0.25, 0.3) is 0 Å². The molecule has 1 aromatic heterocycles. The average molecular weight is 510 g/mol. The summed E-state index contributed by atoms with van der Waals surface area (Å²) in [7, 11) is 0. The van der Waals surface area contributed by atoms with Gasteiger partial charge in [-0.25, -0.2) is 9.59 Å². The van der Waals surface area contributed by atoms with Crippen molar-refractivity contribution in [3.63, 3.8) is 0 Å². The van der Waals surface area contributed by atoms with Gasteiger partial charge in [0.1, 0.15) is 18.2 Å². The molecule has 0 aliphatic heterocycles. The van der Waals surface area contributed by atoms with E-state index in [-0.39, 0.29) is 31.5 Å². The van der Waals surface area contributed by atoms with Gasteiger partial charge < -0.3 is 20.3 Å². The number of nitrogens with one attached hydrogen (secondary N) is 3. The van der Waals surface area contributed by atoms with E-state index in [4.69, 9.17) is 4.74 Å². The molecule has 0 spiro atoms. The number of amides is 3. The summed E-state index contributed by atoms with van der Waals surface area (Å²) in [4.78, 5) is 66.0. The third-order valence-corrected chi connectivity index (χ3v) is 5.23. The van der Waals surface area contributed by atoms with Crippen LogP contribution in [0.4, 0.5) is 4.79 Å². The number of H-pyrrole nitrogens is 1. The maximum Gasteiger partial charge on any atom is 0.407 e. The van der Waals surface area contributed by atoms with E-state index in [2.05, 4.69) is 15.6 Å². The molecule has 1 aromatic rings. The highest BCUT2D eigenvalue weighted by Crippen LogP contribution is 2.15. The first-order valence-corrected chi connectivity index (χ1v) is 12.4. The van der Waals surface area contributed by atoms with E-state index >= 15 is 0 Å². The van der Waals surface area contributed by atoms with Gasteiger partial charge in [0.05, 0.1) is 0 Å². The highest BCUT2D eigenvalue weighted by atomic mass is 16.6. The largest absolute Gasteiger partial charge is 0.444 e. The number of nitrogens with zero attached hydrogens (tertiary/aromatic N) is 2. The lowest BCUT2D eigenvalue weighted by Gasteiger charge is -2.33. The Hall–Kier alpha value is -3.11. The van der Waals surface area contributed by atoms with Crippen molar-refractivity contribution >= 4 is 17.9 Å². The lowest BCUT2D eigenvalue weighted by atomic mass is 10.00. The smallest absolute Gasteiger partial charge is 0.407 e. The van der Waals surface area contributed by atoms with Gasteiger partial charge in [0.2, 0.25) is 11.8 Å². The van der Waals surface area contributed by atoms with E-state index in [1.54, 1.807) is 27.7 Å². The second kappa shape index (κ2) is 13.8. The van der Waals surface area contributed by atoms with Crippen molar-refractivity contribution < 1.29 is 19.1 Å². The molecule has 0 saturated carbocycles. The number of alkyl carbamates (subject to hydrolysis) is 1. The SMILES string of the molecule is Cc1cn(CC(=O)N(CCC(C)C)C(CC(C)C)C(=O)NCCNC(=O)OC(C)(C)C)c(=O)[nH]c1=O. The zero-order chi connectivity index (χ0) is 27.6. The predicted molar refractivity (Wildman–Crippen MR) is 138 cm³/mol. The van der Waals surface area contributed by atoms with Crippen LogP contribution >= 0.6 is 0 Å². The maximum absolute atomic E-state index is 13.4. The van der Waals surface area contributed by atoms with Gasteiger partial charge in [-0.2, -0.15) is 0 Å². The van der Waals surface area contributed by atoms with Crippen molar-refractivity contribution in [2.24, 2.45) is 11.8 Å². The molecular formula is C25H43N5O6. The van der Waals surface area contributed by atoms with E-state index in [0.717, 1.165) is 4.57 Å². The molecule has 0 aliphatic rings. The van der Waals surface area contributed by atoms with Crippen LogP contribution in [0.3, 0.4) is 0 Å². The Morgan fingerprint density at radius 3 is 2.22 bits per heavy atom. The van der Waals surface area contributed by atoms with Crippen LogP contribution in [0.2, 0.25) is 0 Å². The second-order valence-corrected chi connectivity index (χ2v) is 10.8. The molecule has 1 unspecified atom stereocenters. The summed E-state index contributed by atoms with van der Waals surface area (Å²) >= 11 is 0. The minimum absolute atomic E-state index is 0.119. The third-order valence-electron chi connectivity index (χ3n) is 5.23. The summed E-state index contributed by atoms with van der Waals surface area (Å²) in [5, 5.41) is 5.39.